The largest absolute Gasteiger partial charge is 0.462 e. The standard InChI is InChI=1S/C55H90O5/c1-4-7-10-13-16-19-22-25-26-27-28-29-32-35-38-41-44-47-50-58-51-53(60-55(57)49-46-43-40-37-34-31-24-21-18-15-12-9-6-3)52-59-54(56)48-45-42-39-36-33-30-23-20-17-14-11-8-5-2/h8-9,11-12,17-18,20-21,25-26,30-31,33-34,39-40,42-43,53H,4-7,10,13-16,19,22-24,27-29,32,35-38,41,44-52H2,1-3H3/b11-8-,12-9-,20-17-,21-18-,26-25-,33-30-,34-31-,42-39-,43-40-. The third-order valence-electron chi connectivity index (χ3n) is 9.80. The van der Waals surface area contributed by atoms with Crippen LogP contribution in [0.2, 0.25) is 0 Å². The SMILES string of the molecule is CC/C=C\C/C=C\C/C=C\C/C=C\CCC(=O)OCC(COCCCCCCCCCC/C=C\CCCCCCCC)OC(=O)CC/C=C\C/C=C\C/C=C\C/C=C\CC. The van der Waals surface area contributed by atoms with E-state index in [1.54, 1.807) is 0 Å². The first kappa shape index (κ1) is 56.6. The van der Waals surface area contributed by atoms with Crippen molar-refractivity contribution in [2.45, 2.75) is 207 Å². The van der Waals surface area contributed by atoms with E-state index < -0.39 is 6.10 Å². The van der Waals surface area contributed by atoms with Crippen LogP contribution in [0.4, 0.5) is 0 Å². The number of ether oxygens (including phenoxy) is 3. The van der Waals surface area contributed by atoms with Crippen molar-refractivity contribution in [1.82, 2.24) is 0 Å². The summed E-state index contributed by atoms with van der Waals surface area (Å²) in [5.41, 5.74) is 0. The quantitative estimate of drug-likeness (QED) is 0.0348. The predicted molar refractivity (Wildman–Crippen MR) is 260 cm³/mol. The van der Waals surface area contributed by atoms with Gasteiger partial charge < -0.3 is 14.2 Å². The van der Waals surface area contributed by atoms with Gasteiger partial charge in [0.15, 0.2) is 6.10 Å². The van der Waals surface area contributed by atoms with Gasteiger partial charge in [0.2, 0.25) is 0 Å². The van der Waals surface area contributed by atoms with Crippen molar-refractivity contribution >= 4 is 11.9 Å². The first-order chi connectivity index (χ1) is 29.6. The van der Waals surface area contributed by atoms with Crippen molar-refractivity contribution in [3.05, 3.63) is 109 Å². The van der Waals surface area contributed by atoms with Gasteiger partial charge in [0.05, 0.1) is 6.61 Å². The lowest BCUT2D eigenvalue weighted by Gasteiger charge is -2.18. The van der Waals surface area contributed by atoms with Gasteiger partial charge in [-0.2, -0.15) is 0 Å². The molecule has 0 spiro atoms. The summed E-state index contributed by atoms with van der Waals surface area (Å²) in [5.74, 6) is -0.593. The fourth-order valence-corrected chi connectivity index (χ4v) is 6.24. The third-order valence-corrected chi connectivity index (χ3v) is 9.80. The molecular weight excluding hydrogens is 741 g/mol. The zero-order chi connectivity index (χ0) is 43.5. The molecule has 1 atom stereocenters. The molecule has 0 aromatic rings. The highest BCUT2D eigenvalue weighted by atomic mass is 16.6. The summed E-state index contributed by atoms with van der Waals surface area (Å²) in [5, 5.41) is 0. The fraction of sp³-hybridized carbons (Fsp3) is 0.636. The van der Waals surface area contributed by atoms with Crippen LogP contribution in [0.15, 0.2) is 109 Å². The molecule has 0 amide bonds. The van der Waals surface area contributed by atoms with Crippen molar-refractivity contribution in [3.63, 3.8) is 0 Å². The minimum Gasteiger partial charge on any atom is -0.462 e. The Morgan fingerprint density at radius 2 is 0.750 bits per heavy atom. The summed E-state index contributed by atoms with van der Waals surface area (Å²) in [6, 6.07) is 0. The Labute approximate surface area is 370 Å². The van der Waals surface area contributed by atoms with Crippen LogP contribution in [-0.4, -0.2) is 37.9 Å². The van der Waals surface area contributed by atoms with E-state index in [-0.39, 0.29) is 38.0 Å². The molecule has 0 saturated heterocycles. The normalized spacial score (nSPS) is 13.2. The molecule has 0 rings (SSSR count). The maximum atomic E-state index is 12.7. The number of unbranched alkanes of at least 4 members (excludes halogenated alkanes) is 14. The first-order valence-corrected chi connectivity index (χ1v) is 24.4. The smallest absolute Gasteiger partial charge is 0.306 e. The zero-order valence-corrected chi connectivity index (χ0v) is 38.9. The van der Waals surface area contributed by atoms with Crippen LogP contribution in [0.1, 0.15) is 201 Å². The van der Waals surface area contributed by atoms with Gasteiger partial charge in [-0.3, -0.25) is 9.59 Å². The molecule has 5 nitrogen and oxygen atoms in total. The lowest BCUT2D eigenvalue weighted by molar-refractivity contribution is -0.162. The highest BCUT2D eigenvalue weighted by Crippen LogP contribution is 2.12. The Kier molecular flexibility index (Phi) is 47.1. The molecule has 0 aromatic carbocycles. The number of allylic oxidation sites excluding steroid dienone is 18. The highest BCUT2D eigenvalue weighted by Gasteiger charge is 2.17. The van der Waals surface area contributed by atoms with Crippen molar-refractivity contribution in [2.75, 3.05) is 19.8 Å². The van der Waals surface area contributed by atoms with Crippen LogP contribution in [0.3, 0.4) is 0 Å². The maximum absolute atomic E-state index is 12.7. The van der Waals surface area contributed by atoms with Gasteiger partial charge >= 0.3 is 11.9 Å². The topological polar surface area (TPSA) is 61.8 Å². The molecule has 1 unspecified atom stereocenters. The van der Waals surface area contributed by atoms with Crippen LogP contribution in [0.25, 0.3) is 0 Å². The van der Waals surface area contributed by atoms with E-state index in [1.165, 1.54) is 89.9 Å². The maximum Gasteiger partial charge on any atom is 0.306 e. The number of hydrogen-bond acceptors (Lipinski definition) is 5. The van der Waals surface area contributed by atoms with Gasteiger partial charge in [-0.1, -0.05) is 201 Å². The number of carbonyl (C=O) groups is 2. The molecule has 5 heteroatoms. The number of carbonyl (C=O) groups excluding carboxylic acids is 2. The summed E-state index contributed by atoms with van der Waals surface area (Å²) < 4.78 is 17.2. The lowest BCUT2D eigenvalue weighted by Crippen LogP contribution is -2.30. The molecule has 0 fully saturated rings. The molecule has 0 radical (unpaired) electrons. The van der Waals surface area contributed by atoms with Crippen LogP contribution >= 0.6 is 0 Å². The second kappa shape index (κ2) is 49.9. The summed E-state index contributed by atoms with van der Waals surface area (Å²) in [4.78, 5) is 25.2. The molecule has 0 aliphatic heterocycles. The third kappa shape index (κ3) is 47.2. The lowest BCUT2D eigenvalue weighted by atomic mass is 10.1. The molecule has 0 heterocycles. The Bertz CT molecular complexity index is 1210. The minimum atomic E-state index is -0.610. The second-order valence-corrected chi connectivity index (χ2v) is 15.6. The first-order valence-electron chi connectivity index (χ1n) is 24.4. The fourth-order valence-electron chi connectivity index (χ4n) is 6.24. The summed E-state index contributed by atoms with van der Waals surface area (Å²) in [6.45, 7) is 7.41. The molecule has 0 aromatic heterocycles. The molecule has 0 aliphatic carbocycles. The van der Waals surface area contributed by atoms with Crippen molar-refractivity contribution in [2.24, 2.45) is 0 Å². The highest BCUT2D eigenvalue weighted by molar-refractivity contribution is 5.70. The van der Waals surface area contributed by atoms with E-state index in [4.69, 9.17) is 14.2 Å². The van der Waals surface area contributed by atoms with Gasteiger partial charge in [0, 0.05) is 19.4 Å². The van der Waals surface area contributed by atoms with E-state index in [2.05, 4.69) is 118 Å². The average Bonchev–Trinajstić information content (AvgIpc) is 3.25. The second-order valence-electron chi connectivity index (χ2n) is 15.6. The molecule has 0 bridgehead atoms. The van der Waals surface area contributed by atoms with Gasteiger partial charge in [0.25, 0.3) is 0 Å². The Morgan fingerprint density at radius 1 is 0.383 bits per heavy atom. The number of esters is 2. The van der Waals surface area contributed by atoms with Gasteiger partial charge in [-0.05, 0) is 96.3 Å². The summed E-state index contributed by atoms with van der Waals surface area (Å²) >= 11 is 0. The van der Waals surface area contributed by atoms with Gasteiger partial charge in [-0.15, -0.1) is 0 Å². The molecule has 60 heavy (non-hydrogen) atoms. The van der Waals surface area contributed by atoms with Crippen LogP contribution in [0, 0.1) is 0 Å². The molecular formula is C55H90O5. The van der Waals surface area contributed by atoms with Crippen LogP contribution in [-0.2, 0) is 23.8 Å². The van der Waals surface area contributed by atoms with Gasteiger partial charge in [-0.25, -0.2) is 0 Å². The van der Waals surface area contributed by atoms with Crippen molar-refractivity contribution in [3.8, 4) is 0 Å². The van der Waals surface area contributed by atoms with Crippen LogP contribution < -0.4 is 0 Å². The van der Waals surface area contributed by atoms with Crippen LogP contribution in [0.5, 0.6) is 0 Å². The van der Waals surface area contributed by atoms with E-state index >= 15 is 0 Å². The predicted octanol–water partition coefficient (Wildman–Crippen LogP) is 16.4. The Morgan fingerprint density at radius 3 is 1.20 bits per heavy atom. The van der Waals surface area contributed by atoms with Gasteiger partial charge in [0.1, 0.15) is 6.61 Å². The van der Waals surface area contributed by atoms with Crippen molar-refractivity contribution in [1.29, 1.82) is 0 Å². The molecule has 340 valence electrons. The zero-order valence-electron chi connectivity index (χ0n) is 38.9. The Hall–Kier alpha value is -3.44. The monoisotopic (exact) mass is 831 g/mol. The van der Waals surface area contributed by atoms with Crippen molar-refractivity contribution < 1.29 is 23.8 Å². The molecule has 0 saturated carbocycles. The van der Waals surface area contributed by atoms with E-state index in [0.29, 0.717) is 19.4 Å². The average molecular weight is 831 g/mol. The number of hydrogen-bond donors (Lipinski definition) is 0. The Balaban J connectivity index is 4.43. The minimum absolute atomic E-state index is 0.0116. The molecule has 0 aliphatic rings. The van der Waals surface area contributed by atoms with E-state index in [9.17, 15) is 9.59 Å². The van der Waals surface area contributed by atoms with E-state index in [0.717, 1.165) is 64.2 Å². The van der Waals surface area contributed by atoms with E-state index in [1.807, 2.05) is 12.2 Å². The molecule has 0 N–H and O–H groups in total. The summed E-state index contributed by atoms with van der Waals surface area (Å²) in [7, 11) is 0. The number of rotatable bonds is 43. The summed E-state index contributed by atoms with van der Waals surface area (Å²) in [6.07, 6.45) is 68.4.